The number of ether oxygens (including phenoxy) is 1. The summed E-state index contributed by atoms with van der Waals surface area (Å²) < 4.78 is 6.98. The fourth-order valence-corrected chi connectivity index (χ4v) is 3.10. The molecule has 0 saturated heterocycles. The van der Waals surface area contributed by atoms with Crippen LogP contribution in [0.5, 0.6) is 5.75 Å². The van der Waals surface area contributed by atoms with Crippen LogP contribution >= 0.6 is 22.6 Å². The Hall–Kier alpha value is -3.11. The summed E-state index contributed by atoms with van der Waals surface area (Å²) in [6, 6.07) is 23.1. The molecule has 0 aliphatic carbocycles. The Morgan fingerprint density at radius 1 is 1.03 bits per heavy atom. The van der Waals surface area contributed by atoms with Crippen LogP contribution in [-0.4, -0.2) is 5.91 Å². The average Bonchev–Trinajstić information content (AvgIpc) is 2.75. The molecule has 0 bridgehead atoms. The molecular weight excluding hydrogens is 487 g/mol. The quantitative estimate of drug-likeness (QED) is 0.251. The number of hydrogen-bond acceptors (Lipinski definition) is 3. The van der Waals surface area contributed by atoms with Gasteiger partial charge in [-0.2, -0.15) is 5.26 Å². The molecule has 3 rings (SSSR count). The number of hydrogen-bond donors (Lipinski definition) is 1. The van der Waals surface area contributed by atoms with Crippen molar-refractivity contribution in [3.8, 4) is 11.8 Å². The fraction of sp³-hybridized carbons (Fsp3) is 0.120. The molecule has 0 unspecified atom stereocenters. The molecule has 0 atom stereocenters. The zero-order valence-electron chi connectivity index (χ0n) is 16.8. The third kappa shape index (κ3) is 5.94. The lowest BCUT2D eigenvalue weighted by molar-refractivity contribution is -0.112. The lowest BCUT2D eigenvalue weighted by atomic mass is 10.1. The molecule has 0 radical (unpaired) electrons. The van der Waals surface area contributed by atoms with Crippen molar-refractivity contribution in [2.75, 3.05) is 5.32 Å². The molecule has 0 heterocycles. The SMILES string of the molecule is Cc1ccc(NC(=O)/C(C#N)=C\c2ccc(OCc3ccc(I)cc3)cc2)cc1C. The van der Waals surface area contributed by atoms with Gasteiger partial charge in [0.1, 0.15) is 24.0 Å². The highest BCUT2D eigenvalue weighted by molar-refractivity contribution is 14.1. The van der Waals surface area contributed by atoms with Crippen molar-refractivity contribution in [1.82, 2.24) is 0 Å². The predicted molar refractivity (Wildman–Crippen MR) is 128 cm³/mol. The van der Waals surface area contributed by atoms with Gasteiger partial charge in [-0.15, -0.1) is 0 Å². The molecule has 0 aromatic heterocycles. The Labute approximate surface area is 190 Å². The van der Waals surface area contributed by atoms with Crippen molar-refractivity contribution < 1.29 is 9.53 Å². The fourth-order valence-electron chi connectivity index (χ4n) is 2.74. The van der Waals surface area contributed by atoms with Crippen LogP contribution < -0.4 is 10.1 Å². The highest BCUT2D eigenvalue weighted by Crippen LogP contribution is 2.18. The second-order valence-electron chi connectivity index (χ2n) is 6.91. The number of rotatable bonds is 6. The van der Waals surface area contributed by atoms with E-state index in [4.69, 9.17) is 4.74 Å². The number of anilines is 1. The van der Waals surface area contributed by atoms with Gasteiger partial charge in [0.25, 0.3) is 5.91 Å². The average molecular weight is 508 g/mol. The number of nitriles is 1. The molecule has 3 aromatic rings. The summed E-state index contributed by atoms with van der Waals surface area (Å²) in [4.78, 5) is 12.5. The smallest absolute Gasteiger partial charge is 0.266 e. The first-order chi connectivity index (χ1) is 14.4. The minimum absolute atomic E-state index is 0.0424. The highest BCUT2D eigenvalue weighted by Gasteiger charge is 2.10. The number of nitrogens with one attached hydrogen (secondary N) is 1. The van der Waals surface area contributed by atoms with Crippen molar-refractivity contribution in [3.63, 3.8) is 0 Å². The van der Waals surface area contributed by atoms with Gasteiger partial charge in [0, 0.05) is 9.26 Å². The van der Waals surface area contributed by atoms with Gasteiger partial charge in [-0.3, -0.25) is 4.79 Å². The minimum atomic E-state index is -0.431. The van der Waals surface area contributed by atoms with Crippen LogP contribution in [0, 0.1) is 28.7 Å². The summed E-state index contributed by atoms with van der Waals surface area (Å²) in [6.45, 7) is 4.47. The van der Waals surface area contributed by atoms with Gasteiger partial charge in [0.2, 0.25) is 0 Å². The number of aryl methyl sites for hydroxylation is 2. The van der Waals surface area contributed by atoms with Gasteiger partial charge in [0.15, 0.2) is 0 Å². The molecule has 0 saturated carbocycles. The molecule has 1 N–H and O–H groups in total. The first kappa shape index (κ1) is 21.6. The van der Waals surface area contributed by atoms with Crippen molar-refractivity contribution in [1.29, 1.82) is 5.26 Å². The summed E-state index contributed by atoms with van der Waals surface area (Å²) in [5, 5.41) is 12.2. The van der Waals surface area contributed by atoms with Crippen molar-refractivity contribution in [3.05, 3.63) is 98.1 Å². The third-order valence-electron chi connectivity index (χ3n) is 4.64. The van der Waals surface area contributed by atoms with Crippen molar-refractivity contribution >= 4 is 40.3 Å². The number of amides is 1. The lowest BCUT2D eigenvalue weighted by Crippen LogP contribution is -2.13. The van der Waals surface area contributed by atoms with Gasteiger partial charge in [-0.1, -0.05) is 30.3 Å². The van der Waals surface area contributed by atoms with Crippen molar-refractivity contribution in [2.24, 2.45) is 0 Å². The Balaban J connectivity index is 1.64. The number of nitrogens with zero attached hydrogens (tertiary/aromatic N) is 1. The Morgan fingerprint density at radius 3 is 2.37 bits per heavy atom. The van der Waals surface area contributed by atoms with Crippen LogP contribution in [0.1, 0.15) is 22.3 Å². The maximum absolute atomic E-state index is 12.5. The lowest BCUT2D eigenvalue weighted by Gasteiger charge is -2.08. The monoisotopic (exact) mass is 508 g/mol. The summed E-state index contributed by atoms with van der Waals surface area (Å²) in [5.74, 6) is 0.295. The van der Waals surface area contributed by atoms with Crippen LogP contribution in [0.3, 0.4) is 0 Å². The zero-order valence-corrected chi connectivity index (χ0v) is 18.9. The van der Waals surface area contributed by atoms with Crippen molar-refractivity contribution in [2.45, 2.75) is 20.5 Å². The molecule has 0 aliphatic heterocycles. The molecular formula is C25H21IN2O2. The van der Waals surface area contributed by atoms with Crippen LogP contribution in [0.2, 0.25) is 0 Å². The zero-order chi connectivity index (χ0) is 21.5. The second-order valence-corrected chi connectivity index (χ2v) is 8.15. The molecule has 4 nitrogen and oxygen atoms in total. The first-order valence-corrected chi connectivity index (χ1v) is 10.5. The molecule has 30 heavy (non-hydrogen) atoms. The van der Waals surface area contributed by atoms with E-state index in [1.807, 2.05) is 86.6 Å². The largest absolute Gasteiger partial charge is 0.489 e. The van der Waals surface area contributed by atoms with Gasteiger partial charge in [-0.05, 0) is 101 Å². The third-order valence-corrected chi connectivity index (χ3v) is 5.36. The summed E-state index contributed by atoms with van der Waals surface area (Å²) >= 11 is 2.27. The van der Waals surface area contributed by atoms with Gasteiger partial charge < -0.3 is 10.1 Å². The summed E-state index contributed by atoms with van der Waals surface area (Å²) in [6.07, 6.45) is 1.57. The van der Waals surface area contributed by atoms with E-state index in [-0.39, 0.29) is 5.57 Å². The summed E-state index contributed by atoms with van der Waals surface area (Å²) in [5.41, 5.74) is 4.78. The van der Waals surface area contributed by atoms with Crippen LogP contribution in [-0.2, 0) is 11.4 Å². The Morgan fingerprint density at radius 2 is 1.73 bits per heavy atom. The Bertz CT molecular complexity index is 1110. The minimum Gasteiger partial charge on any atom is -0.489 e. The van der Waals surface area contributed by atoms with Gasteiger partial charge in [0.05, 0.1) is 0 Å². The highest BCUT2D eigenvalue weighted by atomic mass is 127. The van der Waals surface area contributed by atoms with E-state index >= 15 is 0 Å². The van der Waals surface area contributed by atoms with Crippen LogP contribution in [0.15, 0.2) is 72.3 Å². The van der Waals surface area contributed by atoms with E-state index in [9.17, 15) is 10.1 Å². The first-order valence-electron chi connectivity index (χ1n) is 9.42. The maximum atomic E-state index is 12.5. The van der Waals surface area contributed by atoms with E-state index in [2.05, 4.69) is 27.9 Å². The number of benzene rings is 3. The van der Waals surface area contributed by atoms with Crippen LogP contribution in [0.4, 0.5) is 5.69 Å². The number of carbonyl (C=O) groups excluding carboxylic acids is 1. The Kier molecular flexibility index (Phi) is 7.26. The maximum Gasteiger partial charge on any atom is 0.266 e. The van der Waals surface area contributed by atoms with E-state index in [1.54, 1.807) is 6.08 Å². The topological polar surface area (TPSA) is 62.1 Å². The van der Waals surface area contributed by atoms with E-state index in [0.717, 1.165) is 28.0 Å². The van der Waals surface area contributed by atoms with E-state index < -0.39 is 5.91 Å². The molecule has 0 fully saturated rings. The van der Waals surface area contributed by atoms with Gasteiger partial charge in [-0.25, -0.2) is 0 Å². The van der Waals surface area contributed by atoms with Crippen LogP contribution in [0.25, 0.3) is 6.08 Å². The molecule has 0 aliphatic rings. The van der Waals surface area contributed by atoms with E-state index in [1.165, 1.54) is 3.57 Å². The molecule has 0 spiro atoms. The molecule has 3 aromatic carbocycles. The molecule has 1 amide bonds. The summed E-state index contributed by atoms with van der Waals surface area (Å²) in [7, 11) is 0. The number of carbonyl (C=O) groups is 1. The normalized spacial score (nSPS) is 10.9. The molecule has 150 valence electrons. The number of halogens is 1. The second kappa shape index (κ2) is 10.1. The predicted octanol–water partition coefficient (Wildman–Crippen LogP) is 6.03. The van der Waals surface area contributed by atoms with E-state index in [0.29, 0.717) is 12.3 Å². The standard InChI is InChI=1S/C25H21IN2O2/c1-17-3-10-23(13-18(17)2)28-25(29)21(15-27)14-19-6-11-24(12-7-19)30-16-20-4-8-22(26)9-5-20/h3-14H,16H2,1-2H3,(H,28,29)/b21-14-. The van der Waals surface area contributed by atoms with Gasteiger partial charge >= 0.3 is 0 Å². The molecule has 5 heteroatoms.